The van der Waals surface area contributed by atoms with Crippen LogP contribution in [0.25, 0.3) is 0 Å². The summed E-state index contributed by atoms with van der Waals surface area (Å²) in [5.74, 6) is 0. The Kier molecular flexibility index (Phi) is 2.77. The van der Waals surface area contributed by atoms with Gasteiger partial charge in [0.25, 0.3) is 10.0 Å². The molecule has 13 heavy (non-hydrogen) atoms. The van der Waals surface area contributed by atoms with E-state index in [1.54, 1.807) is 12.1 Å². The number of benzene rings is 1. The maximum atomic E-state index is 11.3. The molecule has 0 saturated carbocycles. The summed E-state index contributed by atoms with van der Waals surface area (Å²) in [7, 11) is -2.24. The number of hydrogen-bond donors (Lipinski definition) is 0. The predicted octanol–water partition coefficient (Wildman–Crippen LogP) is 1.77. The Morgan fingerprint density at radius 2 is 1.69 bits per heavy atom. The molecule has 1 aromatic rings. The Morgan fingerprint density at radius 3 is 2.15 bits per heavy atom. The molecular weight excluding hydrogens is 188 g/mol. The average molecular weight is 198 g/mol. The molecule has 1 rings (SSSR count). The smallest absolute Gasteiger partial charge is 0.198 e. The molecule has 0 unspecified atom stereocenters. The van der Waals surface area contributed by atoms with Gasteiger partial charge in [-0.25, -0.2) is 0 Å². The van der Waals surface area contributed by atoms with Gasteiger partial charge in [0.15, 0.2) is 0 Å². The van der Waals surface area contributed by atoms with Crippen LogP contribution in [0.4, 0.5) is 0 Å². The van der Waals surface area contributed by atoms with Gasteiger partial charge >= 0.3 is 0 Å². The SMILES string of the molecule is CN=NS(=O)(=O)c1ccc(C)cc1. The minimum absolute atomic E-state index is 0.170. The van der Waals surface area contributed by atoms with Gasteiger partial charge in [-0.3, -0.25) is 0 Å². The number of sulfonamides is 1. The first-order valence-electron chi connectivity index (χ1n) is 3.69. The largest absolute Gasteiger partial charge is 0.299 e. The van der Waals surface area contributed by atoms with Gasteiger partial charge in [-0.15, -0.1) is 0 Å². The first-order chi connectivity index (χ1) is 6.06. The number of hydrogen-bond acceptors (Lipinski definition) is 3. The minimum Gasteiger partial charge on any atom is -0.198 e. The molecule has 0 N–H and O–H groups in total. The van der Waals surface area contributed by atoms with Crippen molar-refractivity contribution < 1.29 is 8.42 Å². The molecule has 0 aliphatic heterocycles. The molecule has 0 aliphatic rings. The standard InChI is InChI=1S/C8H10N2O2S/c1-7-3-5-8(6-4-7)13(11,12)10-9-2/h3-6H,1-2H3. The van der Waals surface area contributed by atoms with E-state index in [4.69, 9.17) is 0 Å². The van der Waals surface area contributed by atoms with Crippen LogP contribution in [0.2, 0.25) is 0 Å². The maximum Gasteiger partial charge on any atom is 0.299 e. The minimum atomic E-state index is -3.57. The van der Waals surface area contributed by atoms with Crippen LogP contribution < -0.4 is 0 Å². The van der Waals surface area contributed by atoms with Crippen LogP contribution >= 0.6 is 0 Å². The third-order valence-electron chi connectivity index (χ3n) is 1.51. The van der Waals surface area contributed by atoms with Crippen molar-refractivity contribution in [2.45, 2.75) is 11.8 Å². The molecule has 0 bridgehead atoms. The van der Waals surface area contributed by atoms with Crippen molar-refractivity contribution in [1.82, 2.24) is 0 Å². The second-order valence-corrected chi connectivity index (χ2v) is 4.15. The number of rotatable bonds is 2. The van der Waals surface area contributed by atoms with E-state index in [0.717, 1.165) is 5.56 Å². The first-order valence-corrected chi connectivity index (χ1v) is 5.13. The zero-order valence-electron chi connectivity index (χ0n) is 7.43. The van der Waals surface area contributed by atoms with Crippen molar-refractivity contribution >= 4 is 10.0 Å². The molecule has 0 saturated heterocycles. The van der Waals surface area contributed by atoms with Crippen LogP contribution in [0, 0.1) is 6.92 Å². The fraction of sp³-hybridized carbons (Fsp3) is 0.250. The van der Waals surface area contributed by atoms with E-state index in [2.05, 4.69) is 9.63 Å². The monoisotopic (exact) mass is 198 g/mol. The van der Waals surface area contributed by atoms with Crippen LogP contribution in [0.3, 0.4) is 0 Å². The molecule has 0 atom stereocenters. The van der Waals surface area contributed by atoms with Gasteiger partial charge in [0.2, 0.25) is 0 Å². The first kappa shape index (κ1) is 9.85. The van der Waals surface area contributed by atoms with Gasteiger partial charge in [-0.05, 0) is 19.1 Å². The number of aryl methyl sites for hydroxylation is 1. The van der Waals surface area contributed by atoms with Gasteiger partial charge in [-0.1, -0.05) is 22.2 Å². The van der Waals surface area contributed by atoms with Crippen LogP contribution in [-0.2, 0) is 10.0 Å². The third kappa shape index (κ3) is 2.35. The van der Waals surface area contributed by atoms with Crippen molar-refractivity contribution in [2.75, 3.05) is 7.05 Å². The second-order valence-electron chi connectivity index (χ2n) is 2.57. The van der Waals surface area contributed by atoms with Gasteiger partial charge in [0, 0.05) is 7.05 Å². The van der Waals surface area contributed by atoms with Crippen LogP contribution in [0.5, 0.6) is 0 Å². The summed E-state index contributed by atoms with van der Waals surface area (Å²) in [6.45, 7) is 1.89. The fourth-order valence-corrected chi connectivity index (χ4v) is 1.65. The van der Waals surface area contributed by atoms with E-state index >= 15 is 0 Å². The van der Waals surface area contributed by atoms with Crippen molar-refractivity contribution in [3.63, 3.8) is 0 Å². The highest BCUT2D eigenvalue weighted by atomic mass is 32.2. The summed E-state index contributed by atoms with van der Waals surface area (Å²) in [6.07, 6.45) is 0. The molecule has 0 aromatic heterocycles. The van der Waals surface area contributed by atoms with Crippen molar-refractivity contribution in [1.29, 1.82) is 0 Å². The lowest BCUT2D eigenvalue weighted by Crippen LogP contribution is -1.95. The van der Waals surface area contributed by atoms with Gasteiger partial charge < -0.3 is 0 Å². The lowest BCUT2D eigenvalue weighted by molar-refractivity contribution is 0.595. The predicted molar refractivity (Wildman–Crippen MR) is 49.1 cm³/mol. The third-order valence-corrected chi connectivity index (χ3v) is 2.75. The van der Waals surface area contributed by atoms with Crippen LogP contribution in [-0.4, -0.2) is 15.5 Å². The Labute approximate surface area is 77.4 Å². The quantitative estimate of drug-likeness (QED) is 0.680. The molecule has 0 fully saturated rings. The molecule has 0 spiro atoms. The Bertz CT molecular complexity index is 406. The summed E-state index contributed by atoms with van der Waals surface area (Å²) in [5.41, 5.74) is 1.01. The lowest BCUT2D eigenvalue weighted by Gasteiger charge is -1.96. The molecule has 5 heteroatoms. The van der Waals surface area contributed by atoms with E-state index in [-0.39, 0.29) is 4.90 Å². The highest BCUT2D eigenvalue weighted by molar-refractivity contribution is 7.90. The average Bonchev–Trinajstić information content (AvgIpc) is 2.05. The molecule has 0 amide bonds. The Hall–Kier alpha value is -1.23. The van der Waals surface area contributed by atoms with Crippen LogP contribution in [0.1, 0.15) is 5.56 Å². The van der Waals surface area contributed by atoms with E-state index in [1.165, 1.54) is 19.2 Å². The molecule has 0 radical (unpaired) electrons. The van der Waals surface area contributed by atoms with Gasteiger partial charge in [-0.2, -0.15) is 13.5 Å². The summed E-state index contributed by atoms with van der Waals surface area (Å²) in [6, 6.07) is 6.47. The van der Waals surface area contributed by atoms with Crippen molar-refractivity contribution in [3.8, 4) is 0 Å². The van der Waals surface area contributed by atoms with Gasteiger partial charge in [0.05, 0.1) is 4.90 Å². The van der Waals surface area contributed by atoms with E-state index in [1.807, 2.05) is 6.92 Å². The van der Waals surface area contributed by atoms with E-state index in [0.29, 0.717) is 0 Å². The van der Waals surface area contributed by atoms with E-state index in [9.17, 15) is 8.42 Å². The molecular formula is C8H10N2O2S. The maximum absolute atomic E-state index is 11.3. The lowest BCUT2D eigenvalue weighted by atomic mass is 10.2. The highest BCUT2D eigenvalue weighted by Crippen LogP contribution is 2.12. The normalized spacial score (nSPS) is 12.2. The Balaban J connectivity index is 3.17. The van der Waals surface area contributed by atoms with E-state index < -0.39 is 10.0 Å². The summed E-state index contributed by atoms with van der Waals surface area (Å²) >= 11 is 0. The fourth-order valence-electron chi connectivity index (χ4n) is 0.865. The number of nitrogens with zero attached hydrogens (tertiary/aromatic N) is 2. The van der Waals surface area contributed by atoms with Crippen molar-refractivity contribution in [3.05, 3.63) is 29.8 Å². The zero-order valence-corrected chi connectivity index (χ0v) is 8.25. The molecule has 0 heterocycles. The Morgan fingerprint density at radius 1 is 1.15 bits per heavy atom. The summed E-state index contributed by atoms with van der Waals surface area (Å²) in [5, 5.41) is 3.24. The zero-order chi connectivity index (χ0) is 9.90. The molecule has 4 nitrogen and oxygen atoms in total. The van der Waals surface area contributed by atoms with Gasteiger partial charge in [0.1, 0.15) is 0 Å². The second kappa shape index (κ2) is 3.66. The van der Waals surface area contributed by atoms with Crippen molar-refractivity contribution in [2.24, 2.45) is 9.63 Å². The molecule has 70 valence electrons. The van der Waals surface area contributed by atoms with Crippen LogP contribution in [0.15, 0.2) is 38.8 Å². The topological polar surface area (TPSA) is 58.9 Å². The molecule has 1 aromatic carbocycles. The molecule has 0 aliphatic carbocycles. The highest BCUT2D eigenvalue weighted by Gasteiger charge is 2.10. The summed E-state index contributed by atoms with van der Waals surface area (Å²) < 4.78 is 25.7. The summed E-state index contributed by atoms with van der Waals surface area (Å²) in [4.78, 5) is 0.170.